The Kier molecular flexibility index (Phi) is 4.61. The van der Waals surface area contributed by atoms with Crippen molar-refractivity contribution < 1.29 is 0 Å². The fourth-order valence-corrected chi connectivity index (χ4v) is 8.27. The molecule has 5 nitrogen and oxygen atoms in total. The second kappa shape index (κ2) is 7.41. The molecule has 0 radical (unpaired) electrons. The van der Waals surface area contributed by atoms with Crippen molar-refractivity contribution in [1.29, 1.82) is 0 Å². The molecule has 1 aromatic heterocycles. The van der Waals surface area contributed by atoms with Crippen molar-refractivity contribution >= 4 is 26.7 Å². The van der Waals surface area contributed by atoms with Crippen LogP contribution in [0.15, 0.2) is 12.1 Å². The lowest BCUT2D eigenvalue weighted by Gasteiger charge is -2.59. The highest BCUT2D eigenvalue weighted by atomic mass is 32.1. The van der Waals surface area contributed by atoms with E-state index < -0.39 is 0 Å². The SMILES string of the molecule is c1c2c(cc3sc(NN4CCNCC4)nc13)C[C@@H]1[C@@H]3CCCC[C@]23CCN1CC1CC1. The Morgan fingerprint density at radius 1 is 1.10 bits per heavy atom. The van der Waals surface area contributed by atoms with Crippen LogP contribution < -0.4 is 10.7 Å². The van der Waals surface area contributed by atoms with E-state index in [0.29, 0.717) is 5.41 Å². The highest BCUT2D eigenvalue weighted by Crippen LogP contribution is 2.56. The maximum atomic E-state index is 5.05. The first-order chi connectivity index (χ1) is 15.3. The van der Waals surface area contributed by atoms with Gasteiger partial charge in [-0.05, 0) is 80.2 Å². The minimum atomic E-state index is 0.431. The molecule has 3 atom stereocenters. The van der Waals surface area contributed by atoms with E-state index in [1.54, 1.807) is 11.1 Å². The first-order valence-corrected chi connectivity index (χ1v) is 13.5. The molecule has 4 fully saturated rings. The standard InChI is InChI=1S/C25H35N5S/c1-2-6-25-7-10-29(16-17-4-5-17)22(19(25)3-1)13-18-14-23-21(15-20(18)25)27-24(31-23)28-30-11-8-26-9-12-30/h14-15,17,19,22,26H,1-13,16H2,(H,27,28)/t19-,22+,25+/m0/s1. The number of benzene rings is 1. The molecule has 2 saturated heterocycles. The fourth-order valence-electron chi connectivity index (χ4n) is 7.33. The minimum absolute atomic E-state index is 0.431. The molecule has 5 aliphatic rings. The first-order valence-electron chi connectivity index (χ1n) is 12.7. The second-order valence-corrected chi connectivity index (χ2v) is 11.8. The number of rotatable bonds is 4. The molecule has 0 unspecified atom stereocenters. The average Bonchev–Trinajstić information content (AvgIpc) is 3.53. The number of anilines is 1. The number of hydrogen-bond donors (Lipinski definition) is 2. The van der Waals surface area contributed by atoms with Crippen LogP contribution in [0.2, 0.25) is 0 Å². The molecule has 2 aromatic rings. The van der Waals surface area contributed by atoms with Crippen molar-refractivity contribution in [1.82, 2.24) is 20.2 Å². The molecule has 2 saturated carbocycles. The molecule has 31 heavy (non-hydrogen) atoms. The highest BCUT2D eigenvalue weighted by Gasteiger charge is 2.54. The summed E-state index contributed by atoms with van der Waals surface area (Å²) in [7, 11) is 0. The summed E-state index contributed by atoms with van der Waals surface area (Å²) in [4.78, 5) is 7.97. The zero-order valence-electron chi connectivity index (χ0n) is 18.5. The number of thiazole rings is 1. The molecular formula is C25H35N5S. The van der Waals surface area contributed by atoms with Crippen LogP contribution in [-0.4, -0.2) is 60.2 Å². The number of hydrazine groups is 1. The van der Waals surface area contributed by atoms with Crippen LogP contribution in [0.5, 0.6) is 0 Å². The van der Waals surface area contributed by atoms with Crippen molar-refractivity contribution in [2.75, 3.05) is 44.7 Å². The van der Waals surface area contributed by atoms with Gasteiger partial charge in [-0.25, -0.2) is 9.99 Å². The van der Waals surface area contributed by atoms with Crippen LogP contribution in [0.4, 0.5) is 5.13 Å². The third kappa shape index (κ3) is 3.25. The van der Waals surface area contributed by atoms with Gasteiger partial charge >= 0.3 is 0 Å². The number of nitrogens with one attached hydrogen (secondary N) is 2. The summed E-state index contributed by atoms with van der Waals surface area (Å²) in [6.07, 6.45) is 11.3. The van der Waals surface area contributed by atoms with E-state index in [-0.39, 0.29) is 0 Å². The monoisotopic (exact) mass is 437 g/mol. The van der Waals surface area contributed by atoms with Crippen LogP contribution in [0.3, 0.4) is 0 Å². The van der Waals surface area contributed by atoms with Crippen LogP contribution in [0.25, 0.3) is 10.2 Å². The average molecular weight is 438 g/mol. The van der Waals surface area contributed by atoms with E-state index in [2.05, 4.69) is 32.8 Å². The lowest BCUT2D eigenvalue weighted by atomic mass is 9.52. The number of aromatic nitrogens is 1. The number of likely N-dealkylation sites (tertiary alicyclic amines) is 1. The van der Waals surface area contributed by atoms with E-state index in [4.69, 9.17) is 4.98 Å². The number of hydrogen-bond acceptors (Lipinski definition) is 6. The summed E-state index contributed by atoms with van der Waals surface area (Å²) < 4.78 is 1.37. The van der Waals surface area contributed by atoms with Gasteiger partial charge in [-0.2, -0.15) is 0 Å². The molecule has 166 valence electrons. The molecule has 1 aromatic carbocycles. The molecule has 0 amide bonds. The summed E-state index contributed by atoms with van der Waals surface area (Å²) in [5.74, 6) is 1.87. The van der Waals surface area contributed by atoms with E-state index in [0.717, 1.165) is 49.2 Å². The molecule has 0 spiro atoms. The maximum Gasteiger partial charge on any atom is 0.198 e. The van der Waals surface area contributed by atoms with Gasteiger partial charge in [0.05, 0.1) is 10.2 Å². The van der Waals surface area contributed by atoms with Crippen molar-refractivity contribution in [3.63, 3.8) is 0 Å². The number of piperidine rings is 1. The van der Waals surface area contributed by atoms with E-state index in [1.165, 1.54) is 74.7 Å². The number of nitrogens with zero attached hydrogens (tertiary/aromatic N) is 3. The van der Waals surface area contributed by atoms with Gasteiger partial charge in [0.2, 0.25) is 0 Å². The molecular weight excluding hydrogens is 402 g/mol. The van der Waals surface area contributed by atoms with Crippen LogP contribution in [-0.2, 0) is 11.8 Å². The largest absolute Gasteiger partial charge is 0.314 e. The smallest absolute Gasteiger partial charge is 0.198 e. The Balaban J connectivity index is 1.25. The van der Waals surface area contributed by atoms with Crippen molar-refractivity contribution in [3.05, 3.63) is 23.3 Å². The predicted octanol–water partition coefficient (Wildman–Crippen LogP) is 4.00. The number of fused-ring (bicyclic) bond motifs is 2. The van der Waals surface area contributed by atoms with Gasteiger partial charge in [0.1, 0.15) is 0 Å². The molecule has 7 rings (SSSR count). The molecule has 2 N–H and O–H groups in total. The van der Waals surface area contributed by atoms with Gasteiger partial charge in [0, 0.05) is 44.2 Å². The number of piperazine rings is 1. The normalized spacial score (nSPS) is 33.8. The Hall–Kier alpha value is -1.21. The topological polar surface area (TPSA) is 43.4 Å². The zero-order chi connectivity index (χ0) is 20.4. The predicted molar refractivity (Wildman–Crippen MR) is 128 cm³/mol. The Labute approximate surface area is 189 Å². The van der Waals surface area contributed by atoms with E-state index >= 15 is 0 Å². The van der Waals surface area contributed by atoms with E-state index in [1.807, 2.05) is 11.3 Å². The lowest BCUT2D eigenvalue weighted by molar-refractivity contribution is -0.0132. The zero-order valence-corrected chi connectivity index (χ0v) is 19.4. The van der Waals surface area contributed by atoms with Crippen LogP contribution >= 0.6 is 11.3 Å². The summed E-state index contributed by atoms with van der Waals surface area (Å²) in [5, 5.41) is 6.80. The van der Waals surface area contributed by atoms with Gasteiger partial charge < -0.3 is 5.32 Å². The third-order valence-electron chi connectivity index (χ3n) is 9.02. The van der Waals surface area contributed by atoms with Gasteiger partial charge in [-0.1, -0.05) is 24.2 Å². The quantitative estimate of drug-likeness (QED) is 0.757. The maximum absolute atomic E-state index is 5.05. The molecule has 3 heterocycles. The molecule has 2 bridgehead atoms. The van der Waals surface area contributed by atoms with Crippen molar-refractivity contribution in [2.24, 2.45) is 11.8 Å². The lowest BCUT2D eigenvalue weighted by Crippen LogP contribution is -2.61. The first kappa shape index (κ1) is 19.3. The molecule has 6 heteroatoms. The molecule has 2 aliphatic heterocycles. The minimum Gasteiger partial charge on any atom is -0.314 e. The summed E-state index contributed by atoms with van der Waals surface area (Å²) >= 11 is 1.84. The highest BCUT2D eigenvalue weighted by molar-refractivity contribution is 7.22. The Morgan fingerprint density at radius 2 is 2.00 bits per heavy atom. The summed E-state index contributed by atoms with van der Waals surface area (Å²) in [6, 6.07) is 5.84. The van der Waals surface area contributed by atoms with Gasteiger partial charge in [0.25, 0.3) is 0 Å². The summed E-state index contributed by atoms with van der Waals surface area (Å²) in [5.41, 5.74) is 8.58. The van der Waals surface area contributed by atoms with Crippen molar-refractivity contribution in [3.8, 4) is 0 Å². The Morgan fingerprint density at radius 3 is 2.87 bits per heavy atom. The molecule has 3 aliphatic carbocycles. The summed E-state index contributed by atoms with van der Waals surface area (Å²) in [6.45, 7) is 6.87. The second-order valence-electron chi connectivity index (χ2n) is 10.8. The van der Waals surface area contributed by atoms with E-state index in [9.17, 15) is 0 Å². The third-order valence-corrected chi connectivity index (χ3v) is 9.94. The Bertz CT molecular complexity index is 978. The van der Waals surface area contributed by atoms with Gasteiger partial charge in [0.15, 0.2) is 5.13 Å². The van der Waals surface area contributed by atoms with Gasteiger partial charge in [-0.15, -0.1) is 0 Å². The van der Waals surface area contributed by atoms with Crippen LogP contribution in [0, 0.1) is 11.8 Å². The van der Waals surface area contributed by atoms with Gasteiger partial charge in [-0.3, -0.25) is 10.3 Å². The van der Waals surface area contributed by atoms with Crippen LogP contribution in [0.1, 0.15) is 56.1 Å². The van der Waals surface area contributed by atoms with Crippen molar-refractivity contribution in [2.45, 2.75) is 62.8 Å². The fraction of sp³-hybridized carbons (Fsp3) is 0.720.